The van der Waals surface area contributed by atoms with Crippen LogP contribution in [0.2, 0.25) is 0 Å². The van der Waals surface area contributed by atoms with E-state index in [1.54, 1.807) is 0 Å². The zero-order valence-electron chi connectivity index (χ0n) is 9.97. The van der Waals surface area contributed by atoms with Crippen molar-refractivity contribution in [3.8, 4) is 0 Å². The smallest absolute Gasteiger partial charge is 0.307 e. The topological polar surface area (TPSA) is 57.6 Å². The van der Waals surface area contributed by atoms with E-state index in [2.05, 4.69) is 0 Å². The molecule has 1 saturated heterocycles. The minimum Gasteiger partial charge on any atom is -0.481 e. The normalized spacial score (nSPS) is 29.1. The molecule has 94 valence electrons. The average molecular weight is 237 g/mol. The molecule has 2 atom stereocenters. The highest BCUT2D eigenvalue weighted by molar-refractivity contribution is 5.85. The van der Waals surface area contributed by atoms with Gasteiger partial charge in [0.2, 0.25) is 5.91 Å². The van der Waals surface area contributed by atoms with E-state index in [9.17, 15) is 9.59 Å². The van der Waals surface area contributed by atoms with Crippen molar-refractivity contribution in [1.29, 1.82) is 0 Å². The number of hydrogen-bond acceptors (Lipinski definition) is 2. The summed E-state index contributed by atoms with van der Waals surface area (Å²) in [5, 5.41) is 9.15. The molecule has 2 rings (SSSR count). The van der Waals surface area contributed by atoms with Crippen LogP contribution in [0.25, 0.3) is 0 Å². The Morgan fingerprint density at radius 2 is 1.59 bits per heavy atom. The summed E-state index contributed by atoms with van der Waals surface area (Å²) in [4.78, 5) is 25.3. The number of likely N-dealkylation sites (tertiary alicyclic amines) is 1. The van der Waals surface area contributed by atoms with Crippen molar-refractivity contribution in [2.45, 2.75) is 32.1 Å². The molecule has 17 heavy (non-hydrogen) atoms. The van der Waals surface area contributed by atoms with Gasteiger partial charge >= 0.3 is 5.97 Å². The number of rotatable bonds is 2. The van der Waals surface area contributed by atoms with E-state index >= 15 is 0 Å². The van der Waals surface area contributed by atoms with Crippen LogP contribution in [0.1, 0.15) is 32.1 Å². The number of carboxylic acid groups (broad SMARTS) is 1. The third-order valence-corrected chi connectivity index (χ3v) is 3.73. The first-order valence-electron chi connectivity index (χ1n) is 6.36. The van der Waals surface area contributed by atoms with Gasteiger partial charge in [0.1, 0.15) is 0 Å². The fourth-order valence-electron chi connectivity index (χ4n) is 2.71. The Kier molecular flexibility index (Phi) is 3.82. The lowest BCUT2D eigenvalue weighted by atomic mass is 9.82. The van der Waals surface area contributed by atoms with Crippen molar-refractivity contribution in [1.82, 2.24) is 4.90 Å². The molecule has 4 heteroatoms. The van der Waals surface area contributed by atoms with Crippen LogP contribution in [-0.2, 0) is 9.59 Å². The number of amides is 1. The highest BCUT2D eigenvalue weighted by Crippen LogP contribution is 2.28. The number of nitrogens with zero attached hydrogens (tertiary/aromatic N) is 1. The molecular weight excluding hydrogens is 218 g/mol. The molecule has 0 spiro atoms. The lowest BCUT2D eigenvalue weighted by Gasteiger charge is -2.33. The second-order valence-electron chi connectivity index (χ2n) is 4.88. The third kappa shape index (κ3) is 2.68. The van der Waals surface area contributed by atoms with Gasteiger partial charge in [0.25, 0.3) is 0 Å². The fraction of sp³-hybridized carbons (Fsp3) is 0.692. The molecule has 0 aromatic rings. The average Bonchev–Trinajstić information content (AvgIpc) is 2.39. The van der Waals surface area contributed by atoms with Crippen molar-refractivity contribution < 1.29 is 14.7 Å². The highest BCUT2D eigenvalue weighted by atomic mass is 16.4. The van der Waals surface area contributed by atoms with E-state index in [0.29, 0.717) is 12.8 Å². The van der Waals surface area contributed by atoms with E-state index in [1.165, 1.54) is 6.42 Å². The Morgan fingerprint density at radius 1 is 1.00 bits per heavy atom. The number of carbonyl (C=O) groups excluding carboxylic acids is 1. The Labute approximate surface area is 101 Å². The van der Waals surface area contributed by atoms with Gasteiger partial charge in [-0.1, -0.05) is 12.2 Å². The molecule has 4 nitrogen and oxygen atoms in total. The highest BCUT2D eigenvalue weighted by Gasteiger charge is 2.36. The molecule has 1 amide bonds. The second kappa shape index (κ2) is 5.34. The summed E-state index contributed by atoms with van der Waals surface area (Å²) >= 11 is 0. The minimum absolute atomic E-state index is 0.0430. The standard InChI is InChI=1S/C13H19NO3/c15-12(14-8-4-1-5-9-14)10-6-2-3-7-11(10)13(16)17/h2-3,10-11H,1,4-9H2,(H,16,17). The van der Waals surface area contributed by atoms with Crippen LogP contribution >= 0.6 is 0 Å². The largest absolute Gasteiger partial charge is 0.481 e. The lowest BCUT2D eigenvalue weighted by molar-refractivity contribution is -0.151. The van der Waals surface area contributed by atoms with Gasteiger partial charge in [-0.2, -0.15) is 0 Å². The first kappa shape index (κ1) is 12.1. The lowest BCUT2D eigenvalue weighted by Crippen LogP contribution is -2.44. The fourth-order valence-corrected chi connectivity index (χ4v) is 2.71. The first-order chi connectivity index (χ1) is 8.20. The molecule has 0 aromatic carbocycles. The summed E-state index contributed by atoms with van der Waals surface area (Å²) in [5.41, 5.74) is 0. The summed E-state index contributed by atoms with van der Waals surface area (Å²) in [6.45, 7) is 1.59. The molecule has 1 aliphatic heterocycles. The molecule has 2 unspecified atom stereocenters. The number of piperidine rings is 1. The van der Waals surface area contributed by atoms with E-state index in [0.717, 1.165) is 25.9 Å². The Hall–Kier alpha value is -1.32. The molecule has 1 heterocycles. The Morgan fingerprint density at radius 3 is 2.18 bits per heavy atom. The summed E-state index contributed by atoms with van der Waals surface area (Å²) in [5.74, 6) is -1.68. The number of carbonyl (C=O) groups is 2. The summed E-state index contributed by atoms with van der Waals surface area (Å²) in [6, 6.07) is 0. The second-order valence-corrected chi connectivity index (χ2v) is 4.88. The van der Waals surface area contributed by atoms with Gasteiger partial charge in [-0.15, -0.1) is 0 Å². The maximum atomic E-state index is 12.3. The van der Waals surface area contributed by atoms with Gasteiger partial charge < -0.3 is 10.0 Å². The molecule has 1 N–H and O–H groups in total. The minimum atomic E-state index is -0.843. The van der Waals surface area contributed by atoms with E-state index in [4.69, 9.17) is 5.11 Å². The number of allylic oxidation sites excluding steroid dienone is 2. The van der Waals surface area contributed by atoms with Crippen LogP contribution < -0.4 is 0 Å². The van der Waals surface area contributed by atoms with Gasteiger partial charge in [-0.05, 0) is 32.1 Å². The molecule has 1 fully saturated rings. The molecule has 0 saturated carbocycles. The molecule has 2 aliphatic rings. The Bertz CT molecular complexity index is 332. The zero-order valence-corrected chi connectivity index (χ0v) is 9.97. The van der Waals surface area contributed by atoms with Gasteiger partial charge in [-0.3, -0.25) is 9.59 Å². The Balaban J connectivity index is 2.05. The first-order valence-corrected chi connectivity index (χ1v) is 6.36. The molecule has 0 bridgehead atoms. The number of aliphatic carboxylic acids is 1. The van der Waals surface area contributed by atoms with E-state index in [-0.39, 0.29) is 11.8 Å². The monoisotopic (exact) mass is 237 g/mol. The van der Waals surface area contributed by atoms with Crippen molar-refractivity contribution >= 4 is 11.9 Å². The van der Waals surface area contributed by atoms with Gasteiger partial charge in [0.05, 0.1) is 11.8 Å². The van der Waals surface area contributed by atoms with Crippen molar-refractivity contribution in [3.63, 3.8) is 0 Å². The van der Waals surface area contributed by atoms with Crippen LogP contribution in [0.15, 0.2) is 12.2 Å². The third-order valence-electron chi connectivity index (χ3n) is 3.73. The van der Waals surface area contributed by atoms with Crippen LogP contribution in [0.5, 0.6) is 0 Å². The van der Waals surface area contributed by atoms with Crippen molar-refractivity contribution in [2.24, 2.45) is 11.8 Å². The zero-order chi connectivity index (χ0) is 12.3. The van der Waals surface area contributed by atoms with Crippen LogP contribution in [0, 0.1) is 11.8 Å². The van der Waals surface area contributed by atoms with Crippen molar-refractivity contribution in [3.05, 3.63) is 12.2 Å². The molecular formula is C13H19NO3. The summed E-state index contributed by atoms with van der Waals surface area (Å²) in [7, 11) is 0. The molecule has 0 radical (unpaired) electrons. The van der Waals surface area contributed by atoms with Gasteiger partial charge in [0.15, 0.2) is 0 Å². The maximum Gasteiger partial charge on any atom is 0.307 e. The van der Waals surface area contributed by atoms with E-state index in [1.807, 2.05) is 17.1 Å². The quantitative estimate of drug-likeness (QED) is 0.743. The van der Waals surface area contributed by atoms with Crippen molar-refractivity contribution in [2.75, 3.05) is 13.1 Å². The molecule has 1 aliphatic carbocycles. The van der Waals surface area contributed by atoms with E-state index < -0.39 is 11.9 Å². The maximum absolute atomic E-state index is 12.3. The van der Waals surface area contributed by atoms with Gasteiger partial charge in [0, 0.05) is 13.1 Å². The van der Waals surface area contributed by atoms with Crippen LogP contribution in [-0.4, -0.2) is 35.0 Å². The number of carboxylic acids is 1. The summed E-state index contributed by atoms with van der Waals surface area (Å²) < 4.78 is 0. The predicted molar refractivity (Wildman–Crippen MR) is 63.4 cm³/mol. The van der Waals surface area contributed by atoms with Gasteiger partial charge in [-0.25, -0.2) is 0 Å². The summed E-state index contributed by atoms with van der Waals surface area (Å²) in [6.07, 6.45) is 8.14. The predicted octanol–water partition coefficient (Wildman–Crippen LogP) is 1.67. The molecule has 0 aromatic heterocycles. The van der Waals surface area contributed by atoms with Crippen LogP contribution in [0.4, 0.5) is 0 Å². The SMILES string of the molecule is O=C(O)C1CC=CCC1C(=O)N1CCCCC1. The van der Waals surface area contributed by atoms with Crippen LogP contribution in [0.3, 0.4) is 0 Å². The number of hydrogen-bond donors (Lipinski definition) is 1.